The van der Waals surface area contributed by atoms with E-state index in [1.165, 1.54) is 11.3 Å². The van der Waals surface area contributed by atoms with Gasteiger partial charge in [0.25, 0.3) is 0 Å². The number of hydrogen-bond donors (Lipinski definition) is 0. The van der Waals surface area contributed by atoms with E-state index in [0.717, 1.165) is 55.4 Å². The van der Waals surface area contributed by atoms with Crippen molar-refractivity contribution in [1.29, 1.82) is 0 Å². The quantitative estimate of drug-likeness (QED) is 0.601. The number of aromatic nitrogens is 4. The molecule has 0 N–H and O–H groups in total. The number of rotatable bonds is 6. The second-order valence-corrected chi connectivity index (χ2v) is 7.50. The maximum absolute atomic E-state index is 5.21. The van der Waals surface area contributed by atoms with E-state index in [1.807, 2.05) is 17.9 Å². The molecule has 0 unspecified atom stereocenters. The predicted molar refractivity (Wildman–Crippen MR) is 121 cm³/mol. The molecule has 0 amide bonds. The Bertz CT molecular complexity index is 951. The predicted octanol–water partition coefficient (Wildman–Crippen LogP) is 3.08. The van der Waals surface area contributed by atoms with Gasteiger partial charge in [-0.2, -0.15) is 5.10 Å². The lowest BCUT2D eigenvalue weighted by Gasteiger charge is -2.35. The van der Waals surface area contributed by atoms with Crippen LogP contribution in [0.15, 0.2) is 42.9 Å². The third kappa shape index (κ3) is 4.80. The molecule has 4 rings (SSSR count). The van der Waals surface area contributed by atoms with E-state index in [2.05, 4.69) is 56.1 Å². The third-order valence-electron chi connectivity index (χ3n) is 5.62. The molecular weight excluding hydrogens is 400 g/mol. The van der Waals surface area contributed by atoms with E-state index < -0.39 is 0 Å². The second-order valence-electron chi connectivity index (χ2n) is 7.50. The lowest BCUT2D eigenvalue weighted by molar-refractivity contribution is 0.185. The molecule has 0 bridgehead atoms. The summed E-state index contributed by atoms with van der Waals surface area (Å²) in [6.07, 6.45) is 5.53. The fourth-order valence-corrected chi connectivity index (χ4v) is 3.75. The van der Waals surface area contributed by atoms with Crippen LogP contribution in [0.5, 0.6) is 0 Å². The van der Waals surface area contributed by atoms with Gasteiger partial charge in [0, 0.05) is 76.1 Å². The Morgan fingerprint density at radius 2 is 1.70 bits per heavy atom. The van der Waals surface area contributed by atoms with Gasteiger partial charge in [0.1, 0.15) is 5.69 Å². The van der Waals surface area contributed by atoms with Crippen LogP contribution in [0, 0.1) is 6.92 Å². The minimum Gasteiger partial charge on any atom is -0.380 e. The molecule has 0 aliphatic carbocycles. The van der Waals surface area contributed by atoms with Gasteiger partial charge in [0.15, 0.2) is 5.82 Å². The van der Waals surface area contributed by atoms with Gasteiger partial charge in [0.2, 0.25) is 0 Å². The van der Waals surface area contributed by atoms with Gasteiger partial charge in [-0.05, 0) is 12.5 Å². The van der Waals surface area contributed by atoms with Gasteiger partial charge in [-0.15, -0.1) is 12.4 Å². The highest BCUT2D eigenvalue weighted by molar-refractivity contribution is 5.85. The van der Waals surface area contributed by atoms with Crippen molar-refractivity contribution in [3.8, 4) is 11.3 Å². The van der Waals surface area contributed by atoms with Crippen LogP contribution in [-0.2, 0) is 24.9 Å². The van der Waals surface area contributed by atoms with E-state index in [4.69, 9.17) is 4.74 Å². The lowest BCUT2D eigenvalue weighted by Crippen LogP contribution is -2.46. The fourth-order valence-electron chi connectivity index (χ4n) is 3.75. The highest BCUT2D eigenvalue weighted by Gasteiger charge is 2.22. The van der Waals surface area contributed by atoms with Crippen LogP contribution in [0.3, 0.4) is 0 Å². The summed E-state index contributed by atoms with van der Waals surface area (Å²) in [5.74, 6) is 0.962. The van der Waals surface area contributed by atoms with E-state index >= 15 is 0 Å². The van der Waals surface area contributed by atoms with Crippen molar-refractivity contribution >= 4 is 18.2 Å². The average Bonchev–Trinajstić information content (AvgIpc) is 3.07. The average molecular weight is 429 g/mol. The molecule has 160 valence electrons. The third-order valence-corrected chi connectivity index (χ3v) is 5.62. The van der Waals surface area contributed by atoms with Crippen molar-refractivity contribution in [3.63, 3.8) is 0 Å². The summed E-state index contributed by atoms with van der Waals surface area (Å²) < 4.78 is 7.15. The topological polar surface area (TPSA) is 59.3 Å². The molecule has 3 heterocycles. The number of halogens is 1. The van der Waals surface area contributed by atoms with Crippen LogP contribution in [-0.4, -0.2) is 57.9 Å². The zero-order valence-corrected chi connectivity index (χ0v) is 18.6. The summed E-state index contributed by atoms with van der Waals surface area (Å²) >= 11 is 0. The molecule has 7 nitrogen and oxygen atoms in total. The van der Waals surface area contributed by atoms with Gasteiger partial charge >= 0.3 is 0 Å². The Morgan fingerprint density at radius 3 is 2.33 bits per heavy atom. The Balaban J connectivity index is 0.00000256. The van der Waals surface area contributed by atoms with Crippen molar-refractivity contribution in [2.24, 2.45) is 7.05 Å². The summed E-state index contributed by atoms with van der Waals surface area (Å²) in [6.45, 7) is 7.56. The van der Waals surface area contributed by atoms with Crippen molar-refractivity contribution in [1.82, 2.24) is 24.6 Å². The Labute approximate surface area is 184 Å². The molecule has 0 saturated carbocycles. The van der Waals surface area contributed by atoms with Gasteiger partial charge < -0.3 is 9.64 Å². The van der Waals surface area contributed by atoms with Crippen molar-refractivity contribution in [2.75, 3.05) is 38.2 Å². The molecule has 3 aromatic rings. The monoisotopic (exact) mass is 428 g/mol. The number of aryl methyl sites for hydroxylation is 1. The number of methoxy groups -OCH3 is 1. The Hall–Kier alpha value is -2.48. The Morgan fingerprint density at radius 1 is 1.00 bits per heavy atom. The Kier molecular flexibility index (Phi) is 7.42. The largest absolute Gasteiger partial charge is 0.380 e. The highest BCUT2D eigenvalue weighted by atomic mass is 35.5. The first-order chi connectivity index (χ1) is 14.2. The van der Waals surface area contributed by atoms with E-state index in [9.17, 15) is 0 Å². The first-order valence-electron chi connectivity index (χ1n) is 9.99. The van der Waals surface area contributed by atoms with Crippen molar-refractivity contribution < 1.29 is 4.74 Å². The van der Waals surface area contributed by atoms with Gasteiger partial charge in [-0.25, -0.2) is 4.98 Å². The van der Waals surface area contributed by atoms with Crippen LogP contribution < -0.4 is 4.90 Å². The van der Waals surface area contributed by atoms with Crippen LogP contribution in [0.25, 0.3) is 11.3 Å². The SMILES string of the molecule is COCc1ccc(-c2nccnc2N2CCN(Cc3cnn(C)c3C)CC2)cc1.Cl. The number of benzene rings is 1. The molecule has 0 radical (unpaired) electrons. The molecule has 1 saturated heterocycles. The van der Waals surface area contributed by atoms with Crippen LogP contribution in [0.4, 0.5) is 5.82 Å². The lowest BCUT2D eigenvalue weighted by atomic mass is 10.1. The van der Waals surface area contributed by atoms with Crippen molar-refractivity contribution in [3.05, 3.63) is 59.7 Å². The molecule has 2 aromatic heterocycles. The number of hydrogen-bond acceptors (Lipinski definition) is 6. The number of anilines is 1. The molecular formula is C22H29ClN6O. The number of ether oxygens (including phenoxy) is 1. The molecule has 30 heavy (non-hydrogen) atoms. The highest BCUT2D eigenvalue weighted by Crippen LogP contribution is 2.28. The van der Waals surface area contributed by atoms with Crippen LogP contribution in [0.2, 0.25) is 0 Å². The van der Waals surface area contributed by atoms with Gasteiger partial charge in [-0.1, -0.05) is 24.3 Å². The molecule has 1 fully saturated rings. The maximum Gasteiger partial charge on any atom is 0.155 e. The van der Waals surface area contributed by atoms with E-state index in [0.29, 0.717) is 6.61 Å². The van der Waals surface area contributed by atoms with Crippen LogP contribution >= 0.6 is 12.4 Å². The smallest absolute Gasteiger partial charge is 0.155 e. The van der Waals surface area contributed by atoms with E-state index in [1.54, 1.807) is 19.5 Å². The summed E-state index contributed by atoms with van der Waals surface area (Å²) in [5, 5.41) is 4.36. The van der Waals surface area contributed by atoms with E-state index in [-0.39, 0.29) is 12.4 Å². The van der Waals surface area contributed by atoms with Crippen LogP contribution in [0.1, 0.15) is 16.8 Å². The minimum atomic E-state index is 0. The molecule has 1 aromatic carbocycles. The first kappa shape index (κ1) is 22.2. The molecule has 1 aliphatic rings. The molecule has 8 heteroatoms. The van der Waals surface area contributed by atoms with Gasteiger partial charge in [-0.3, -0.25) is 14.6 Å². The van der Waals surface area contributed by atoms with Crippen molar-refractivity contribution in [2.45, 2.75) is 20.1 Å². The fraction of sp³-hybridized carbons (Fsp3) is 0.409. The number of piperazine rings is 1. The maximum atomic E-state index is 5.21. The molecule has 0 atom stereocenters. The number of nitrogens with zero attached hydrogens (tertiary/aromatic N) is 6. The zero-order valence-electron chi connectivity index (χ0n) is 17.8. The summed E-state index contributed by atoms with van der Waals surface area (Å²) in [4.78, 5) is 14.1. The van der Waals surface area contributed by atoms with Gasteiger partial charge in [0.05, 0.1) is 12.8 Å². The molecule has 1 aliphatic heterocycles. The minimum absolute atomic E-state index is 0. The summed E-state index contributed by atoms with van der Waals surface area (Å²) in [5.41, 5.74) is 5.72. The zero-order chi connectivity index (χ0) is 20.2. The second kappa shape index (κ2) is 10.0. The molecule has 0 spiro atoms. The summed E-state index contributed by atoms with van der Waals surface area (Å²) in [7, 11) is 3.71. The normalized spacial score (nSPS) is 14.6. The first-order valence-corrected chi connectivity index (χ1v) is 9.99. The standard InChI is InChI=1S/C22H28N6O.ClH/c1-17-20(14-25-26(17)2)15-27-10-12-28(13-11-27)22-21(23-8-9-24-22)19-6-4-18(5-7-19)16-29-3;/h4-9,14H,10-13,15-16H2,1-3H3;1H. The summed E-state index contributed by atoms with van der Waals surface area (Å²) in [6, 6.07) is 8.38.